The highest BCUT2D eigenvalue weighted by atomic mass is 79.9. The maximum Gasteiger partial charge on any atom is 0.387 e. The second-order valence-corrected chi connectivity index (χ2v) is 4.40. The highest BCUT2D eigenvalue weighted by molar-refractivity contribution is 9.08. The van der Waals surface area contributed by atoms with Crippen molar-refractivity contribution < 1.29 is 28.0 Å². The molecule has 0 aliphatic heterocycles. The van der Waals surface area contributed by atoms with Crippen LogP contribution in [0.2, 0.25) is 0 Å². The normalized spacial score (nSPS) is 10.5. The third-order valence-electron chi connectivity index (χ3n) is 2.48. The van der Waals surface area contributed by atoms with Crippen LogP contribution in [0.15, 0.2) is 12.1 Å². The van der Waals surface area contributed by atoms with Gasteiger partial charge < -0.3 is 9.47 Å². The Morgan fingerprint density at radius 3 is 2.57 bits per heavy atom. The first-order valence-corrected chi connectivity index (χ1v) is 6.97. The molecule has 21 heavy (non-hydrogen) atoms. The molecule has 0 aromatic heterocycles. The van der Waals surface area contributed by atoms with Gasteiger partial charge in [0.25, 0.3) is 0 Å². The van der Waals surface area contributed by atoms with E-state index in [1.165, 1.54) is 0 Å². The summed E-state index contributed by atoms with van der Waals surface area (Å²) in [5, 5.41) is 11.1. The summed E-state index contributed by atoms with van der Waals surface area (Å²) in [7, 11) is 0. The molecule has 6 nitrogen and oxygen atoms in total. The molecule has 1 aromatic carbocycles. The first kappa shape index (κ1) is 17.3. The second-order valence-electron chi connectivity index (χ2n) is 3.84. The summed E-state index contributed by atoms with van der Waals surface area (Å²) in [5.74, 6) is -1.14. The molecule has 9 heteroatoms. The number of carbonyl (C=O) groups is 1. The van der Waals surface area contributed by atoms with E-state index in [2.05, 4.69) is 20.7 Å². The number of alkyl halides is 3. The number of nitro benzene ring substituents is 1. The monoisotopic (exact) mass is 367 g/mol. The van der Waals surface area contributed by atoms with Crippen molar-refractivity contribution in [3.05, 3.63) is 33.4 Å². The van der Waals surface area contributed by atoms with E-state index in [0.717, 1.165) is 12.1 Å². The van der Waals surface area contributed by atoms with Crippen LogP contribution < -0.4 is 4.74 Å². The lowest BCUT2D eigenvalue weighted by atomic mass is 10.0. The number of hydrogen-bond donors (Lipinski definition) is 0. The van der Waals surface area contributed by atoms with Crippen molar-refractivity contribution in [1.29, 1.82) is 0 Å². The van der Waals surface area contributed by atoms with E-state index in [0.29, 0.717) is 11.1 Å². The van der Waals surface area contributed by atoms with Gasteiger partial charge in [0.2, 0.25) is 5.75 Å². The summed E-state index contributed by atoms with van der Waals surface area (Å²) in [5.41, 5.74) is 0.167. The molecule has 0 aliphatic carbocycles. The molecule has 1 aromatic rings. The van der Waals surface area contributed by atoms with E-state index in [-0.39, 0.29) is 18.4 Å². The van der Waals surface area contributed by atoms with Gasteiger partial charge in [-0.25, -0.2) is 0 Å². The minimum Gasteiger partial charge on any atom is -0.466 e. The molecule has 116 valence electrons. The summed E-state index contributed by atoms with van der Waals surface area (Å²) < 4.78 is 33.5. The van der Waals surface area contributed by atoms with Crippen molar-refractivity contribution in [2.75, 3.05) is 6.61 Å². The van der Waals surface area contributed by atoms with Crippen LogP contribution in [-0.4, -0.2) is 24.1 Å². The Morgan fingerprint density at radius 1 is 1.43 bits per heavy atom. The molecule has 0 fully saturated rings. The number of benzene rings is 1. The van der Waals surface area contributed by atoms with Crippen LogP contribution >= 0.6 is 15.9 Å². The van der Waals surface area contributed by atoms with Gasteiger partial charge >= 0.3 is 18.3 Å². The highest BCUT2D eigenvalue weighted by Gasteiger charge is 2.22. The number of esters is 1. The zero-order valence-electron chi connectivity index (χ0n) is 11.0. The summed E-state index contributed by atoms with van der Waals surface area (Å²) in [6.07, 6.45) is -0.188. The van der Waals surface area contributed by atoms with Crippen molar-refractivity contribution in [2.24, 2.45) is 0 Å². The fraction of sp³-hybridized carbons (Fsp3) is 0.417. The molecule has 0 amide bonds. The van der Waals surface area contributed by atoms with Crippen molar-refractivity contribution >= 4 is 27.6 Å². The highest BCUT2D eigenvalue weighted by Crippen LogP contribution is 2.33. The van der Waals surface area contributed by atoms with Crippen LogP contribution in [0.4, 0.5) is 14.5 Å². The Labute approximate surface area is 127 Å². The first-order valence-electron chi connectivity index (χ1n) is 5.85. The fourth-order valence-corrected chi connectivity index (χ4v) is 2.17. The summed E-state index contributed by atoms with van der Waals surface area (Å²) in [6.45, 7) is -1.39. The van der Waals surface area contributed by atoms with Crippen molar-refractivity contribution in [3.8, 4) is 5.75 Å². The maximum absolute atomic E-state index is 12.3. The third kappa shape index (κ3) is 4.92. The Morgan fingerprint density at radius 2 is 2.10 bits per heavy atom. The number of carbonyl (C=O) groups excluding carboxylic acids is 1. The van der Waals surface area contributed by atoms with Crippen LogP contribution in [0.5, 0.6) is 5.75 Å². The molecular formula is C12H12BrF2NO5. The van der Waals surface area contributed by atoms with Crippen molar-refractivity contribution in [1.82, 2.24) is 0 Å². The summed E-state index contributed by atoms with van der Waals surface area (Å²) >= 11 is 3.13. The SMILES string of the molecule is CCOC(=O)Cc1cc(OC(F)F)c([N+](=O)[O-])cc1CBr. The Hall–Kier alpha value is -1.77. The number of nitrogens with zero attached hydrogens (tertiary/aromatic N) is 1. The van der Waals surface area contributed by atoms with Gasteiger partial charge in [0, 0.05) is 11.4 Å². The minimum absolute atomic E-state index is 0.176. The van der Waals surface area contributed by atoms with Gasteiger partial charge in [-0.1, -0.05) is 15.9 Å². The largest absolute Gasteiger partial charge is 0.466 e. The maximum atomic E-state index is 12.3. The average molecular weight is 368 g/mol. The van der Waals surface area contributed by atoms with Gasteiger partial charge in [-0.15, -0.1) is 0 Å². The van der Waals surface area contributed by atoms with Crippen LogP contribution in [-0.2, 0) is 21.3 Å². The molecule has 0 aliphatic rings. The molecule has 0 heterocycles. The Kier molecular flexibility index (Phi) is 6.47. The molecule has 0 unspecified atom stereocenters. The quantitative estimate of drug-likeness (QED) is 0.320. The zero-order valence-corrected chi connectivity index (χ0v) is 12.6. The lowest BCUT2D eigenvalue weighted by Crippen LogP contribution is -2.11. The molecule has 0 saturated heterocycles. The number of hydrogen-bond acceptors (Lipinski definition) is 5. The molecule has 0 bridgehead atoms. The number of ether oxygens (including phenoxy) is 2. The van der Waals surface area contributed by atoms with Crippen LogP contribution in [0, 0.1) is 10.1 Å². The van der Waals surface area contributed by atoms with E-state index in [4.69, 9.17) is 4.74 Å². The van der Waals surface area contributed by atoms with Crippen LogP contribution in [0.25, 0.3) is 0 Å². The van der Waals surface area contributed by atoms with Gasteiger partial charge in [-0.3, -0.25) is 14.9 Å². The Balaban J connectivity index is 3.22. The van der Waals surface area contributed by atoms with E-state index in [1.54, 1.807) is 6.92 Å². The molecule has 0 atom stereocenters. The standard InChI is InChI=1S/C12H12BrF2NO5/c1-2-20-11(17)5-7-4-10(21-12(14)15)9(16(18)19)3-8(7)6-13/h3-4,12H,2,5-6H2,1H3. The van der Waals surface area contributed by atoms with Crippen LogP contribution in [0.1, 0.15) is 18.1 Å². The minimum atomic E-state index is -3.20. The van der Waals surface area contributed by atoms with Crippen molar-refractivity contribution in [3.63, 3.8) is 0 Å². The first-order chi connectivity index (χ1) is 9.88. The molecule has 0 spiro atoms. The van der Waals surface area contributed by atoms with Gasteiger partial charge in [0.05, 0.1) is 18.0 Å². The molecular weight excluding hydrogens is 356 g/mol. The van der Waals surface area contributed by atoms with E-state index < -0.39 is 28.9 Å². The summed E-state index contributed by atoms with van der Waals surface area (Å²) in [6, 6.07) is 2.17. The summed E-state index contributed by atoms with van der Waals surface area (Å²) in [4.78, 5) is 21.5. The lowest BCUT2D eigenvalue weighted by Gasteiger charge is -2.11. The molecule has 0 N–H and O–H groups in total. The third-order valence-corrected chi connectivity index (χ3v) is 3.08. The van der Waals surface area contributed by atoms with Gasteiger partial charge in [0.15, 0.2) is 0 Å². The average Bonchev–Trinajstić information content (AvgIpc) is 2.38. The number of nitro groups is 1. The predicted molar refractivity (Wildman–Crippen MR) is 72.7 cm³/mol. The second kappa shape index (κ2) is 7.87. The van der Waals surface area contributed by atoms with Crippen LogP contribution in [0.3, 0.4) is 0 Å². The smallest absolute Gasteiger partial charge is 0.387 e. The number of halogens is 3. The van der Waals surface area contributed by atoms with Gasteiger partial charge in [-0.2, -0.15) is 8.78 Å². The van der Waals surface area contributed by atoms with Gasteiger partial charge in [0.1, 0.15) is 0 Å². The lowest BCUT2D eigenvalue weighted by molar-refractivity contribution is -0.386. The molecule has 0 radical (unpaired) electrons. The zero-order chi connectivity index (χ0) is 16.0. The van der Waals surface area contributed by atoms with E-state index in [1.807, 2.05) is 0 Å². The molecule has 1 rings (SSSR count). The van der Waals surface area contributed by atoms with Gasteiger partial charge in [-0.05, 0) is 24.1 Å². The Bertz CT molecular complexity index is 539. The number of rotatable bonds is 7. The topological polar surface area (TPSA) is 78.7 Å². The van der Waals surface area contributed by atoms with E-state index >= 15 is 0 Å². The molecule has 0 saturated carbocycles. The van der Waals surface area contributed by atoms with E-state index in [9.17, 15) is 23.7 Å². The predicted octanol–water partition coefficient (Wildman–Crippen LogP) is 3.20. The fourth-order valence-electron chi connectivity index (χ4n) is 1.64. The van der Waals surface area contributed by atoms with Crippen molar-refractivity contribution in [2.45, 2.75) is 25.3 Å².